The van der Waals surface area contributed by atoms with Crippen LogP contribution in [0.15, 0.2) is 18.2 Å². The summed E-state index contributed by atoms with van der Waals surface area (Å²) in [6.45, 7) is 2.93. The second-order valence-electron chi connectivity index (χ2n) is 10.7. The number of methoxy groups -OCH3 is 1. The summed E-state index contributed by atoms with van der Waals surface area (Å²) in [5.41, 5.74) is 3.52. The second kappa shape index (κ2) is 9.68. The van der Waals surface area contributed by atoms with Crippen molar-refractivity contribution in [2.75, 3.05) is 7.11 Å². The molecule has 6 N–H and O–H groups in total. The van der Waals surface area contributed by atoms with Crippen molar-refractivity contribution in [1.29, 1.82) is 0 Å². The molecule has 2 aromatic rings. The number of hydrogen-bond acceptors (Lipinski definition) is 11. The minimum absolute atomic E-state index is 0.00115. The average molecular weight is 542 g/mol. The van der Waals surface area contributed by atoms with Crippen LogP contribution in [0, 0.1) is 0 Å². The van der Waals surface area contributed by atoms with Gasteiger partial charge in [0, 0.05) is 48.4 Å². The van der Waals surface area contributed by atoms with E-state index in [-0.39, 0.29) is 59.5 Å². The van der Waals surface area contributed by atoms with Crippen molar-refractivity contribution < 1.29 is 49.0 Å². The van der Waals surface area contributed by atoms with Crippen molar-refractivity contribution >= 4 is 17.3 Å². The van der Waals surface area contributed by atoms with Gasteiger partial charge < -0.3 is 40.4 Å². The Bertz CT molecular complexity index is 1380. The van der Waals surface area contributed by atoms with E-state index >= 15 is 0 Å². The number of nitrogens with two attached hydrogens (primary N) is 1. The van der Waals surface area contributed by atoms with E-state index in [4.69, 9.17) is 19.9 Å². The van der Waals surface area contributed by atoms with Crippen molar-refractivity contribution in [3.63, 3.8) is 0 Å². The lowest BCUT2D eigenvalue weighted by atomic mass is 9.71. The number of carbonyl (C=O) groups is 3. The number of aliphatic hydroxyl groups is 2. The number of hydrogen-bond donors (Lipinski definition) is 5. The summed E-state index contributed by atoms with van der Waals surface area (Å²) in [4.78, 5) is 39.2. The fourth-order valence-electron chi connectivity index (χ4n) is 6.06. The molecule has 1 aliphatic heterocycles. The number of Topliss-reactive ketones (excluding diaryl/α,β-unsaturated/α-hetero) is 1. The first kappa shape index (κ1) is 27.2. The number of carbonyl (C=O) groups excluding carboxylic acids is 3. The van der Waals surface area contributed by atoms with Gasteiger partial charge >= 0.3 is 0 Å². The number of fused-ring (bicyclic) bond motifs is 3. The molecule has 11 heteroatoms. The van der Waals surface area contributed by atoms with Crippen LogP contribution in [-0.4, -0.2) is 75.0 Å². The highest BCUT2D eigenvalue weighted by atomic mass is 16.7. The number of ketones is 3. The van der Waals surface area contributed by atoms with E-state index < -0.39 is 70.4 Å². The van der Waals surface area contributed by atoms with E-state index in [1.165, 1.54) is 32.2 Å². The van der Waals surface area contributed by atoms with Crippen LogP contribution in [0.2, 0.25) is 0 Å². The Morgan fingerprint density at radius 3 is 2.49 bits per heavy atom. The Kier molecular flexibility index (Phi) is 6.76. The standard InChI is InChI=1S/C28H31NO10/c1-11(30)8-28(36)9-14-20(17(10-28)39-18-7-15(29)23(31)12(2)38-18)27(35)22-21(25(14)33)24(32)13-5-4-6-16(37-3)19(13)26(22)34/h4-6,12,15,17-18,23,31,33,35-36H,7-10,29H2,1-3H3/t12-,15+,17+,18-,23-,28-/m1/s1. The highest BCUT2D eigenvalue weighted by Gasteiger charge is 2.48. The predicted molar refractivity (Wildman–Crippen MR) is 135 cm³/mol. The molecule has 0 unspecified atom stereocenters. The fraction of sp³-hybridized carbons (Fsp3) is 0.464. The van der Waals surface area contributed by atoms with Crippen molar-refractivity contribution in [3.8, 4) is 17.2 Å². The van der Waals surface area contributed by atoms with Gasteiger partial charge in [0.1, 0.15) is 23.0 Å². The quantitative estimate of drug-likeness (QED) is 0.294. The summed E-state index contributed by atoms with van der Waals surface area (Å²) in [6, 6.07) is 3.79. The first-order valence-corrected chi connectivity index (χ1v) is 12.7. The van der Waals surface area contributed by atoms with Crippen molar-refractivity contribution in [2.24, 2.45) is 5.73 Å². The maximum Gasteiger partial charge on any atom is 0.202 e. The molecule has 0 saturated carbocycles. The molecule has 5 rings (SSSR count). The molecule has 208 valence electrons. The SMILES string of the molecule is COc1cccc2c1C(=O)c1c(O)c3c(c(O)c1C2=O)C[C@](O)(CC(C)=O)C[C@@H]3O[C@@H]1C[C@H](N)[C@H](O)[C@@H](C)O1. The van der Waals surface area contributed by atoms with Crippen LogP contribution in [0.25, 0.3) is 0 Å². The summed E-state index contributed by atoms with van der Waals surface area (Å²) in [7, 11) is 1.35. The number of ether oxygens (including phenoxy) is 3. The Morgan fingerprint density at radius 1 is 1.15 bits per heavy atom. The maximum atomic E-state index is 13.7. The zero-order valence-electron chi connectivity index (χ0n) is 21.8. The lowest BCUT2D eigenvalue weighted by molar-refractivity contribution is -0.247. The third-order valence-corrected chi connectivity index (χ3v) is 7.80. The van der Waals surface area contributed by atoms with Crippen molar-refractivity contribution in [3.05, 3.63) is 51.6 Å². The van der Waals surface area contributed by atoms with Gasteiger partial charge in [-0.3, -0.25) is 14.4 Å². The Morgan fingerprint density at radius 2 is 1.85 bits per heavy atom. The number of phenols is 2. The van der Waals surface area contributed by atoms with Gasteiger partial charge in [0.15, 0.2) is 12.1 Å². The molecule has 2 aliphatic carbocycles. The average Bonchev–Trinajstić information content (AvgIpc) is 2.86. The van der Waals surface area contributed by atoms with E-state index in [2.05, 4.69) is 0 Å². The molecule has 1 saturated heterocycles. The molecule has 0 bridgehead atoms. The molecule has 1 fully saturated rings. The van der Waals surface area contributed by atoms with Gasteiger partial charge in [0.2, 0.25) is 5.78 Å². The fourth-order valence-corrected chi connectivity index (χ4v) is 6.06. The molecule has 3 aliphatic rings. The molecule has 0 aromatic heterocycles. The van der Waals surface area contributed by atoms with Crippen molar-refractivity contribution in [2.45, 2.75) is 75.8 Å². The van der Waals surface area contributed by atoms with Crippen LogP contribution < -0.4 is 10.5 Å². The van der Waals surface area contributed by atoms with Crippen LogP contribution in [0.5, 0.6) is 17.2 Å². The molecule has 39 heavy (non-hydrogen) atoms. The largest absolute Gasteiger partial charge is 0.507 e. The summed E-state index contributed by atoms with van der Waals surface area (Å²) in [5, 5.41) is 44.5. The monoisotopic (exact) mass is 541 g/mol. The Hall–Kier alpha value is -3.35. The molecule has 0 amide bonds. The maximum absolute atomic E-state index is 13.7. The number of benzene rings is 2. The number of aliphatic hydroxyl groups excluding tert-OH is 1. The Labute approximate surface area is 224 Å². The minimum atomic E-state index is -1.69. The summed E-state index contributed by atoms with van der Waals surface area (Å²) < 4.78 is 17.2. The zero-order valence-corrected chi connectivity index (χ0v) is 21.8. The second-order valence-corrected chi connectivity index (χ2v) is 10.7. The highest BCUT2D eigenvalue weighted by molar-refractivity contribution is 6.31. The first-order chi connectivity index (χ1) is 18.4. The number of aromatic hydroxyl groups is 2. The zero-order chi connectivity index (χ0) is 28.4. The third-order valence-electron chi connectivity index (χ3n) is 7.80. The summed E-state index contributed by atoms with van der Waals surface area (Å²) in [5.74, 6) is -2.75. The Balaban J connectivity index is 1.67. The van der Waals surface area contributed by atoms with Gasteiger partial charge in [-0.05, 0) is 19.9 Å². The van der Waals surface area contributed by atoms with Gasteiger partial charge in [-0.25, -0.2) is 0 Å². The molecule has 11 nitrogen and oxygen atoms in total. The van der Waals surface area contributed by atoms with Gasteiger partial charge in [-0.1, -0.05) is 12.1 Å². The normalized spacial score (nSPS) is 29.8. The molecule has 1 heterocycles. The summed E-state index contributed by atoms with van der Waals surface area (Å²) >= 11 is 0. The molecule has 0 spiro atoms. The first-order valence-electron chi connectivity index (χ1n) is 12.7. The molecular formula is C28H31NO10. The predicted octanol–water partition coefficient (Wildman–Crippen LogP) is 1.42. The number of phenolic OH excluding ortho intramolecular Hbond substituents is 2. The highest BCUT2D eigenvalue weighted by Crippen LogP contribution is 2.53. The lowest BCUT2D eigenvalue weighted by Gasteiger charge is -2.42. The third kappa shape index (κ3) is 4.40. The van der Waals surface area contributed by atoms with Crippen molar-refractivity contribution in [1.82, 2.24) is 0 Å². The van der Waals surface area contributed by atoms with Gasteiger partial charge in [-0.15, -0.1) is 0 Å². The molecule has 2 aromatic carbocycles. The topological polar surface area (TPSA) is 186 Å². The smallest absolute Gasteiger partial charge is 0.202 e. The van der Waals surface area contributed by atoms with Crippen LogP contribution in [0.4, 0.5) is 0 Å². The minimum Gasteiger partial charge on any atom is -0.507 e. The van der Waals surface area contributed by atoms with Gasteiger partial charge in [0.25, 0.3) is 0 Å². The van der Waals surface area contributed by atoms with Crippen LogP contribution >= 0.6 is 0 Å². The van der Waals surface area contributed by atoms with Gasteiger partial charge in [0.05, 0.1) is 47.7 Å². The van der Waals surface area contributed by atoms with Gasteiger partial charge in [-0.2, -0.15) is 0 Å². The van der Waals surface area contributed by atoms with E-state index in [0.29, 0.717) is 0 Å². The van der Waals surface area contributed by atoms with Crippen LogP contribution in [0.1, 0.15) is 82.2 Å². The summed E-state index contributed by atoms with van der Waals surface area (Å²) in [6.07, 6.45) is -4.38. The molecular weight excluding hydrogens is 510 g/mol. The molecule has 6 atom stereocenters. The van der Waals surface area contributed by atoms with E-state index in [0.717, 1.165) is 0 Å². The van der Waals surface area contributed by atoms with E-state index in [1.54, 1.807) is 6.92 Å². The molecule has 0 radical (unpaired) electrons. The number of rotatable bonds is 5. The van der Waals surface area contributed by atoms with Crippen LogP contribution in [-0.2, 0) is 20.7 Å². The lowest BCUT2D eigenvalue weighted by Crippen LogP contribution is -2.52. The van der Waals surface area contributed by atoms with E-state index in [9.17, 15) is 34.8 Å². The van der Waals surface area contributed by atoms with E-state index in [1.807, 2.05) is 0 Å². The van der Waals surface area contributed by atoms with Crippen LogP contribution in [0.3, 0.4) is 0 Å².